The van der Waals surface area contributed by atoms with Crippen molar-refractivity contribution in [1.29, 1.82) is 0 Å². The van der Waals surface area contributed by atoms with Crippen LogP contribution in [0.3, 0.4) is 0 Å². The van der Waals surface area contributed by atoms with Crippen molar-refractivity contribution < 1.29 is 4.74 Å². The van der Waals surface area contributed by atoms with E-state index in [1.165, 1.54) is 11.8 Å². The molecule has 0 saturated heterocycles. The highest BCUT2D eigenvalue weighted by molar-refractivity contribution is 7.98. The number of para-hydroxylation sites is 3. The number of benzene rings is 2. The van der Waals surface area contributed by atoms with Crippen molar-refractivity contribution in [3.05, 3.63) is 54.4 Å². The van der Waals surface area contributed by atoms with E-state index in [9.17, 15) is 0 Å². The Morgan fingerprint density at radius 2 is 1.88 bits per heavy atom. The summed E-state index contributed by atoms with van der Waals surface area (Å²) >= 11 is 1.43. The molecule has 2 aromatic carbocycles. The van der Waals surface area contributed by atoms with E-state index in [4.69, 9.17) is 10.5 Å². The molecular weight excluding hydrogens is 350 g/mol. The van der Waals surface area contributed by atoms with Gasteiger partial charge in [-0.2, -0.15) is 4.68 Å². The van der Waals surface area contributed by atoms with Gasteiger partial charge in [-0.1, -0.05) is 36.0 Å². The molecule has 0 amide bonds. The molecular formula is C17H15N7OS. The van der Waals surface area contributed by atoms with Gasteiger partial charge < -0.3 is 10.5 Å². The molecule has 2 heterocycles. The quantitative estimate of drug-likeness (QED) is 0.538. The number of thioether (sulfide) groups is 1. The summed E-state index contributed by atoms with van der Waals surface area (Å²) in [4.78, 5) is 8.94. The summed E-state index contributed by atoms with van der Waals surface area (Å²) < 4.78 is 7.02. The fraction of sp³-hybridized carbons (Fsp3) is 0.118. The van der Waals surface area contributed by atoms with Crippen LogP contribution in [0.1, 0.15) is 5.82 Å². The van der Waals surface area contributed by atoms with Gasteiger partial charge in [0, 0.05) is 5.39 Å². The number of nitrogen functional groups attached to an aromatic ring is 1. The summed E-state index contributed by atoms with van der Waals surface area (Å²) in [6.45, 7) is 0. The van der Waals surface area contributed by atoms with Crippen LogP contribution in [0.25, 0.3) is 16.6 Å². The van der Waals surface area contributed by atoms with Gasteiger partial charge in [0.05, 0.1) is 18.4 Å². The number of fused-ring (bicyclic) bond motifs is 1. The fourth-order valence-electron chi connectivity index (χ4n) is 2.57. The third-order valence-corrected chi connectivity index (χ3v) is 4.68. The van der Waals surface area contributed by atoms with Crippen molar-refractivity contribution in [2.75, 3.05) is 12.8 Å². The van der Waals surface area contributed by atoms with Gasteiger partial charge >= 0.3 is 0 Å². The Bertz CT molecular complexity index is 1070. The second-order valence-electron chi connectivity index (χ2n) is 5.38. The van der Waals surface area contributed by atoms with Crippen molar-refractivity contribution in [1.82, 2.24) is 30.2 Å². The van der Waals surface area contributed by atoms with Gasteiger partial charge in [0.1, 0.15) is 23.1 Å². The van der Waals surface area contributed by atoms with E-state index in [1.807, 2.05) is 48.5 Å². The molecule has 0 aliphatic heterocycles. The van der Waals surface area contributed by atoms with Gasteiger partial charge in [-0.3, -0.25) is 0 Å². The lowest BCUT2D eigenvalue weighted by Crippen LogP contribution is -2.03. The maximum atomic E-state index is 6.04. The van der Waals surface area contributed by atoms with Crippen LogP contribution in [0.2, 0.25) is 0 Å². The summed E-state index contributed by atoms with van der Waals surface area (Å²) in [5.41, 5.74) is 7.63. The molecule has 0 saturated carbocycles. The highest BCUT2D eigenvalue weighted by atomic mass is 32.2. The first-order chi connectivity index (χ1) is 12.8. The zero-order valence-corrected chi connectivity index (χ0v) is 14.7. The van der Waals surface area contributed by atoms with Gasteiger partial charge in [0.15, 0.2) is 0 Å². The average Bonchev–Trinajstić information content (AvgIpc) is 3.15. The number of nitrogens with two attached hydrogens (primary N) is 1. The van der Waals surface area contributed by atoms with Crippen LogP contribution >= 0.6 is 11.8 Å². The fourth-order valence-corrected chi connectivity index (χ4v) is 3.31. The second-order valence-corrected chi connectivity index (χ2v) is 6.32. The molecule has 0 spiro atoms. The monoisotopic (exact) mass is 365 g/mol. The second kappa shape index (κ2) is 6.96. The first-order valence-corrected chi connectivity index (χ1v) is 8.80. The molecule has 8 nitrogen and oxygen atoms in total. The molecule has 2 N–H and O–H groups in total. The Morgan fingerprint density at radius 3 is 2.77 bits per heavy atom. The third-order valence-electron chi connectivity index (χ3n) is 3.76. The van der Waals surface area contributed by atoms with Gasteiger partial charge in [-0.05, 0) is 34.7 Å². The Morgan fingerprint density at radius 1 is 1.08 bits per heavy atom. The van der Waals surface area contributed by atoms with E-state index in [1.54, 1.807) is 11.8 Å². The maximum Gasteiger partial charge on any atom is 0.214 e. The minimum Gasteiger partial charge on any atom is -0.494 e. The van der Waals surface area contributed by atoms with Crippen molar-refractivity contribution in [3.63, 3.8) is 0 Å². The molecule has 130 valence electrons. The van der Waals surface area contributed by atoms with Gasteiger partial charge in [-0.25, -0.2) is 9.97 Å². The Balaban J connectivity index is 1.61. The zero-order valence-electron chi connectivity index (χ0n) is 13.9. The van der Waals surface area contributed by atoms with Crippen LogP contribution in [0.15, 0.2) is 53.7 Å². The predicted octanol–water partition coefficient (Wildman–Crippen LogP) is 2.49. The number of ether oxygens (including phenoxy) is 1. The minimum absolute atomic E-state index is 0.468. The SMILES string of the molecule is COc1ccccc1-n1nnnc1SCc1nc(N)c2ccccc2n1. The number of hydrogen-bond acceptors (Lipinski definition) is 8. The minimum atomic E-state index is 0.468. The molecule has 4 aromatic rings. The lowest BCUT2D eigenvalue weighted by Gasteiger charge is -2.09. The molecule has 0 bridgehead atoms. The summed E-state index contributed by atoms with van der Waals surface area (Å²) in [6.07, 6.45) is 0. The summed E-state index contributed by atoms with van der Waals surface area (Å²) in [6, 6.07) is 15.2. The topological polar surface area (TPSA) is 105 Å². The van der Waals surface area contributed by atoms with E-state index in [0.717, 1.165) is 16.6 Å². The summed E-state index contributed by atoms with van der Waals surface area (Å²) in [5, 5.41) is 13.4. The number of methoxy groups -OCH3 is 1. The van der Waals surface area contributed by atoms with E-state index < -0.39 is 0 Å². The van der Waals surface area contributed by atoms with Crippen molar-refractivity contribution in [2.45, 2.75) is 10.9 Å². The van der Waals surface area contributed by atoms with Crippen molar-refractivity contribution in [2.24, 2.45) is 0 Å². The lowest BCUT2D eigenvalue weighted by atomic mass is 10.2. The Kier molecular flexibility index (Phi) is 4.36. The molecule has 0 unspecified atom stereocenters. The number of rotatable bonds is 5. The van der Waals surface area contributed by atoms with E-state index in [2.05, 4.69) is 25.5 Å². The van der Waals surface area contributed by atoms with Crippen LogP contribution < -0.4 is 10.5 Å². The Labute approximate surface area is 153 Å². The van der Waals surface area contributed by atoms with E-state index in [0.29, 0.717) is 28.3 Å². The Hall–Kier alpha value is -3.20. The van der Waals surface area contributed by atoms with Gasteiger partial charge in [0.2, 0.25) is 5.16 Å². The molecule has 0 fully saturated rings. The average molecular weight is 365 g/mol. The van der Waals surface area contributed by atoms with Crippen molar-refractivity contribution in [3.8, 4) is 11.4 Å². The largest absolute Gasteiger partial charge is 0.494 e. The molecule has 26 heavy (non-hydrogen) atoms. The summed E-state index contributed by atoms with van der Waals surface area (Å²) in [7, 11) is 1.61. The van der Waals surface area contributed by atoms with Crippen LogP contribution in [0, 0.1) is 0 Å². The van der Waals surface area contributed by atoms with Crippen LogP contribution in [0.5, 0.6) is 5.75 Å². The molecule has 0 atom stereocenters. The number of anilines is 1. The first-order valence-electron chi connectivity index (χ1n) is 7.82. The number of nitrogens with zero attached hydrogens (tertiary/aromatic N) is 6. The standard InChI is InChI=1S/C17H15N7OS/c1-25-14-9-5-4-8-13(14)24-17(21-22-23-24)26-10-15-19-12-7-3-2-6-11(12)16(18)20-15/h2-9H,10H2,1H3,(H2,18,19,20). The van der Waals surface area contributed by atoms with Crippen molar-refractivity contribution >= 4 is 28.5 Å². The van der Waals surface area contributed by atoms with Crippen LogP contribution in [-0.4, -0.2) is 37.3 Å². The van der Waals surface area contributed by atoms with Crippen LogP contribution in [-0.2, 0) is 5.75 Å². The highest BCUT2D eigenvalue weighted by Gasteiger charge is 2.14. The molecule has 4 rings (SSSR count). The lowest BCUT2D eigenvalue weighted by molar-refractivity contribution is 0.410. The third kappa shape index (κ3) is 3.04. The normalized spacial score (nSPS) is 11.0. The zero-order chi connectivity index (χ0) is 17.9. The number of aromatic nitrogens is 6. The maximum absolute atomic E-state index is 6.04. The first kappa shape index (κ1) is 16.3. The molecule has 9 heteroatoms. The van der Waals surface area contributed by atoms with E-state index >= 15 is 0 Å². The predicted molar refractivity (Wildman–Crippen MR) is 99.2 cm³/mol. The highest BCUT2D eigenvalue weighted by Crippen LogP contribution is 2.27. The summed E-state index contributed by atoms with van der Waals surface area (Å²) in [5.74, 6) is 2.27. The molecule has 0 aliphatic rings. The molecule has 0 radical (unpaired) electrons. The number of tetrazole rings is 1. The number of hydrogen-bond donors (Lipinski definition) is 1. The van der Waals surface area contributed by atoms with Gasteiger partial charge in [0.25, 0.3) is 0 Å². The molecule has 2 aromatic heterocycles. The molecule has 0 aliphatic carbocycles. The smallest absolute Gasteiger partial charge is 0.214 e. The van der Waals surface area contributed by atoms with E-state index in [-0.39, 0.29) is 0 Å². The van der Waals surface area contributed by atoms with Crippen LogP contribution in [0.4, 0.5) is 5.82 Å². The van der Waals surface area contributed by atoms with Gasteiger partial charge in [-0.15, -0.1) is 5.10 Å².